The predicted molar refractivity (Wildman–Crippen MR) is 107 cm³/mol. The van der Waals surface area contributed by atoms with Gasteiger partial charge in [-0.2, -0.15) is 9.78 Å². The lowest BCUT2D eigenvalue weighted by molar-refractivity contribution is 0.0944. The van der Waals surface area contributed by atoms with Crippen molar-refractivity contribution in [2.45, 2.75) is 26.8 Å². The van der Waals surface area contributed by atoms with Gasteiger partial charge in [0.05, 0.1) is 12.2 Å². The third-order valence-electron chi connectivity index (χ3n) is 4.34. The van der Waals surface area contributed by atoms with E-state index >= 15 is 0 Å². The molecular weight excluding hydrogens is 375 g/mol. The molecule has 0 aliphatic carbocycles. The van der Waals surface area contributed by atoms with Crippen molar-refractivity contribution < 1.29 is 9.18 Å². The number of benzene rings is 2. The van der Waals surface area contributed by atoms with Crippen molar-refractivity contribution in [3.05, 3.63) is 92.0 Å². The van der Waals surface area contributed by atoms with Gasteiger partial charge in [0.15, 0.2) is 0 Å². The number of rotatable bonds is 6. The van der Waals surface area contributed by atoms with Crippen molar-refractivity contribution in [2.24, 2.45) is 0 Å². The maximum atomic E-state index is 14.1. The molecule has 1 heterocycles. The second kappa shape index (κ2) is 8.64. The molecule has 0 fully saturated rings. The van der Waals surface area contributed by atoms with Crippen molar-refractivity contribution in [3.8, 4) is 5.69 Å². The van der Waals surface area contributed by atoms with Gasteiger partial charge in [-0.05, 0) is 37.1 Å². The second-order valence-corrected chi connectivity index (χ2v) is 6.62. The monoisotopic (exact) mass is 396 g/mol. The first-order chi connectivity index (χ1) is 13.9. The number of hydrogen-bond donors (Lipinski definition) is 1. The van der Waals surface area contributed by atoms with E-state index in [1.54, 1.807) is 24.3 Å². The van der Waals surface area contributed by atoms with Crippen molar-refractivity contribution in [3.63, 3.8) is 0 Å². The molecule has 0 bridgehead atoms. The van der Waals surface area contributed by atoms with Gasteiger partial charge in [-0.1, -0.05) is 37.3 Å². The molecule has 2 aromatic carbocycles. The molecule has 7 nitrogen and oxygen atoms in total. The van der Waals surface area contributed by atoms with E-state index in [-0.39, 0.29) is 12.1 Å². The van der Waals surface area contributed by atoms with Gasteiger partial charge >= 0.3 is 5.69 Å². The van der Waals surface area contributed by atoms with Gasteiger partial charge in [-0.25, -0.2) is 9.18 Å². The number of aromatic nitrogens is 3. The van der Waals surface area contributed by atoms with Crippen LogP contribution in [0.5, 0.6) is 0 Å². The molecule has 0 saturated heterocycles. The van der Waals surface area contributed by atoms with E-state index in [0.29, 0.717) is 18.7 Å². The summed E-state index contributed by atoms with van der Waals surface area (Å²) in [5.41, 5.74) is -0.599. The Morgan fingerprint density at radius 2 is 1.90 bits per heavy atom. The highest BCUT2D eigenvalue weighted by molar-refractivity contribution is 5.91. The summed E-state index contributed by atoms with van der Waals surface area (Å²) in [6, 6.07) is 12.8. The van der Waals surface area contributed by atoms with Crippen LogP contribution in [0.1, 0.15) is 35.0 Å². The number of hydrogen-bond acceptors (Lipinski definition) is 4. The van der Waals surface area contributed by atoms with Gasteiger partial charge in [0, 0.05) is 12.1 Å². The fourth-order valence-electron chi connectivity index (χ4n) is 2.84. The summed E-state index contributed by atoms with van der Waals surface area (Å²) < 4.78 is 15.9. The van der Waals surface area contributed by atoms with Crippen LogP contribution in [0.3, 0.4) is 0 Å². The Labute approximate surface area is 166 Å². The van der Waals surface area contributed by atoms with Crippen molar-refractivity contribution in [1.82, 2.24) is 19.7 Å². The van der Waals surface area contributed by atoms with Crippen LogP contribution in [0.15, 0.2) is 58.1 Å². The van der Waals surface area contributed by atoms with Gasteiger partial charge < -0.3 is 5.32 Å². The smallest absolute Gasteiger partial charge is 0.350 e. The standard InChI is InChI=1S/C21H21FN4O3/c1-3-11-23-19(27)18-20(28)25(13-15-8-4-5-10-17(15)22)21(29)26(24-18)16-9-6-7-14(2)12-16/h4-10,12H,3,11,13H2,1-2H3,(H,23,27). The average molecular weight is 396 g/mol. The fraction of sp³-hybridized carbons (Fsp3) is 0.238. The maximum absolute atomic E-state index is 14.1. The van der Waals surface area contributed by atoms with Crippen molar-refractivity contribution in [2.75, 3.05) is 6.54 Å². The molecule has 3 aromatic rings. The first-order valence-corrected chi connectivity index (χ1v) is 9.25. The van der Waals surface area contributed by atoms with Gasteiger partial charge in [-0.3, -0.25) is 14.2 Å². The molecule has 3 rings (SSSR count). The maximum Gasteiger partial charge on any atom is 0.352 e. The van der Waals surface area contributed by atoms with Gasteiger partial charge in [0.1, 0.15) is 5.82 Å². The van der Waals surface area contributed by atoms with Crippen LogP contribution in [0.2, 0.25) is 0 Å². The average Bonchev–Trinajstić information content (AvgIpc) is 2.70. The summed E-state index contributed by atoms with van der Waals surface area (Å²) in [5, 5.41) is 6.62. The summed E-state index contributed by atoms with van der Waals surface area (Å²) in [6.07, 6.45) is 0.673. The van der Waals surface area contributed by atoms with Crippen LogP contribution in [-0.4, -0.2) is 26.8 Å². The Bertz CT molecular complexity index is 1170. The Hall–Kier alpha value is -3.55. The van der Waals surface area contributed by atoms with Crippen molar-refractivity contribution in [1.29, 1.82) is 0 Å². The van der Waals surface area contributed by atoms with Crippen LogP contribution in [0, 0.1) is 12.7 Å². The summed E-state index contributed by atoms with van der Waals surface area (Å²) in [5.74, 6) is -1.23. The van der Waals surface area contributed by atoms with E-state index in [1.165, 1.54) is 18.2 Å². The fourth-order valence-corrected chi connectivity index (χ4v) is 2.84. The first-order valence-electron chi connectivity index (χ1n) is 9.25. The van der Waals surface area contributed by atoms with E-state index < -0.39 is 28.7 Å². The Kier molecular flexibility index (Phi) is 6.01. The summed E-state index contributed by atoms with van der Waals surface area (Å²) >= 11 is 0. The molecule has 0 saturated carbocycles. The summed E-state index contributed by atoms with van der Waals surface area (Å²) in [7, 11) is 0. The first kappa shape index (κ1) is 20.2. The summed E-state index contributed by atoms with van der Waals surface area (Å²) in [4.78, 5) is 38.4. The molecule has 0 atom stereocenters. The normalized spacial score (nSPS) is 10.7. The molecule has 0 radical (unpaired) electrons. The number of carbonyl (C=O) groups excluding carboxylic acids is 1. The molecule has 29 heavy (non-hydrogen) atoms. The molecule has 1 amide bonds. The third kappa shape index (κ3) is 4.31. The number of carbonyl (C=O) groups is 1. The molecule has 0 aliphatic heterocycles. The summed E-state index contributed by atoms with van der Waals surface area (Å²) in [6.45, 7) is 3.76. The van der Waals surface area contributed by atoms with Crippen molar-refractivity contribution >= 4 is 5.91 Å². The van der Waals surface area contributed by atoms with E-state index in [2.05, 4.69) is 10.4 Å². The Balaban J connectivity index is 2.21. The van der Waals surface area contributed by atoms with Crippen LogP contribution in [-0.2, 0) is 6.54 Å². The molecule has 0 aliphatic rings. The minimum Gasteiger partial charge on any atom is -0.350 e. The largest absolute Gasteiger partial charge is 0.352 e. The van der Waals surface area contributed by atoms with Crippen LogP contribution < -0.4 is 16.6 Å². The highest BCUT2D eigenvalue weighted by atomic mass is 19.1. The van der Waals surface area contributed by atoms with E-state index in [1.807, 2.05) is 19.9 Å². The molecule has 150 valence electrons. The topological polar surface area (TPSA) is 86.0 Å². The van der Waals surface area contributed by atoms with E-state index in [4.69, 9.17) is 0 Å². The van der Waals surface area contributed by atoms with Gasteiger partial charge in [0.25, 0.3) is 11.5 Å². The number of nitrogens with one attached hydrogen (secondary N) is 1. The lowest BCUT2D eigenvalue weighted by Crippen LogP contribution is -2.46. The van der Waals surface area contributed by atoms with Crippen LogP contribution in [0.25, 0.3) is 5.69 Å². The number of amides is 1. The molecule has 0 spiro atoms. The molecular formula is C21H21FN4O3. The number of halogens is 1. The lowest BCUT2D eigenvalue weighted by Gasteiger charge is -2.13. The SMILES string of the molecule is CCCNC(=O)c1nn(-c2cccc(C)c2)c(=O)n(Cc2ccccc2F)c1=O. The molecule has 0 unspecified atom stereocenters. The minimum atomic E-state index is -0.865. The zero-order chi connectivity index (χ0) is 21.0. The highest BCUT2D eigenvalue weighted by Gasteiger charge is 2.20. The number of nitrogens with zero attached hydrogens (tertiary/aromatic N) is 3. The molecule has 1 N–H and O–H groups in total. The molecule has 8 heteroatoms. The minimum absolute atomic E-state index is 0.161. The van der Waals surface area contributed by atoms with Crippen LogP contribution in [0.4, 0.5) is 4.39 Å². The number of aryl methyl sites for hydroxylation is 1. The highest BCUT2D eigenvalue weighted by Crippen LogP contribution is 2.09. The third-order valence-corrected chi connectivity index (χ3v) is 4.34. The predicted octanol–water partition coefficient (Wildman–Crippen LogP) is 2.03. The van der Waals surface area contributed by atoms with E-state index in [9.17, 15) is 18.8 Å². The lowest BCUT2D eigenvalue weighted by atomic mass is 10.2. The van der Waals surface area contributed by atoms with E-state index in [0.717, 1.165) is 14.8 Å². The zero-order valence-electron chi connectivity index (χ0n) is 16.2. The Morgan fingerprint density at radius 3 is 2.59 bits per heavy atom. The van der Waals surface area contributed by atoms with Gasteiger partial charge in [0.2, 0.25) is 5.69 Å². The zero-order valence-corrected chi connectivity index (χ0v) is 16.2. The Morgan fingerprint density at radius 1 is 1.14 bits per heavy atom. The molecule has 1 aromatic heterocycles. The van der Waals surface area contributed by atoms with Crippen LogP contribution >= 0.6 is 0 Å². The quantitative estimate of drug-likeness (QED) is 0.691. The second-order valence-electron chi connectivity index (χ2n) is 6.62. The van der Waals surface area contributed by atoms with Gasteiger partial charge in [-0.15, -0.1) is 0 Å².